The monoisotopic (exact) mass is 303 g/mol. The number of carbonyl (C=O) groups excluding carboxylic acids is 1. The zero-order valence-corrected chi connectivity index (χ0v) is 12.7. The molecule has 0 radical (unpaired) electrons. The van der Waals surface area contributed by atoms with Crippen LogP contribution in [0.4, 0.5) is 0 Å². The summed E-state index contributed by atoms with van der Waals surface area (Å²) in [7, 11) is 0. The zero-order chi connectivity index (χ0) is 14.7. The molecule has 21 heavy (non-hydrogen) atoms. The van der Waals surface area contributed by atoms with Crippen LogP contribution < -0.4 is 5.32 Å². The molecule has 1 aliphatic heterocycles. The van der Waals surface area contributed by atoms with Gasteiger partial charge in [0.15, 0.2) is 0 Å². The maximum absolute atomic E-state index is 11.8. The number of nitrogens with zero attached hydrogens (tertiary/aromatic N) is 2. The average Bonchev–Trinajstić information content (AvgIpc) is 3.09. The molecule has 0 fully saturated rings. The third-order valence-corrected chi connectivity index (χ3v) is 4.41. The van der Waals surface area contributed by atoms with E-state index in [1.165, 1.54) is 4.70 Å². The van der Waals surface area contributed by atoms with Crippen LogP contribution in [0.3, 0.4) is 0 Å². The molecule has 1 N–H and O–H groups in total. The lowest BCUT2D eigenvalue weighted by atomic mass is 10.2. The third-order valence-electron chi connectivity index (χ3n) is 3.31. The van der Waals surface area contributed by atoms with Crippen molar-refractivity contribution in [2.75, 3.05) is 6.54 Å². The largest absolute Gasteiger partial charge is 0.382 e. The molecule has 1 aliphatic rings. The molecular formula is C15H17N3O2S. The van der Waals surface area contributed by atoms with Gasteiger partial charge in [-0.2, -0.15) is 0 Å². The minimum atomic E-state index is -0.451. The van der Waals surface area contributed by atoms with Crippen molar-refractivity contribution in [1.29, 1.82) is 0 Å². The number of rotatable bonds is 5. The van der Waals surface area contributed by atoms with Gasteiger partial charge >= 0.3 is 0 Å². The van der Waals surface area contributed by atoms with E-state index in [0.29, 0.717) is 13.0 Å². The van der Waals surface area contributed by atoms with Crippen molar-refractivity contribution < 1.29 is 9.63 Å². The van der Waals surface area contributed by atoms with Crippen molar-refractivity contribution in [1.82, 2.24) is 10.3 Å². The van der Waals surface area contributed by atoms with E-state index in [2.05, 4.69) is 21.5 Å². The first-order chi connectivity index (χ1) is 10.2. The van der Waals surface area contributed by atoms with Crippen LogP contribution in [-0.4, -0.2) is 29.3 Å². The molecule has 0 bridgehead atoms. The van der Waals surface area contributed by atoms with Gasteiger partial charge in [0.25, 0.3) is 5.91 Å². The molecule has 0 spiro atoms. The lowest BCUT2D eigenvalue weighted by Crippen LogP contribution is -2.35. The molecule has 2 aromatic rings. The summed E-state index contributed by atoms with van der Waals surface area (Å²) in [5, 5.41) is 7.79. The van der Waals surface area contributed by atoms with E-state index >= 15 is 0 Å². The first-order valence-corrected chi connectivity index (χ1v) is 7.85. The molecule has 1 amide bonds. The summed E-state index contributed by atoms with van der Waals surface area (Å²) in [6.07, 6.45) is 1.88. The van der Waals surface area contributed by atoms with E-state index in [1.54, 1.807) is 11.3 Å². The second-order valence-corrected chi connectivity index (χ2v) is 6.21. The Bertz CT molecular complexity index is 647. The number of para-hydroxylation sites is 1. The van der Waals surface area contributed by atoms with Crippen LogP contribution in [0.2, 0.25) is 0 Å². The molecule has 3 rings (SSSR count). The van der Waals surface area contributed by atoms with Crippen LogP contribution in [-0.2, 0) is 16.1 Å². The van der Waals surface area contributed by atoms with Crippen molar-refractivity contribution >= 4 is 33.2 Å². The predicted octanol–water partition coefficient (Wildman–Crippen LogP) is 2.51. The molecule has 2 heterocycles. The van der Waals surface area contributed by atoms with Crippen LogP contribution in [0.15, 0.2) is 29.4 Å². The second-order valence-electron chi connectivity index (χ2n) is 5.09. The number of aromatic nitrogens is 1. The summed E-state index contributed by atoms with van der Waals surface area (Å²) >= 11 is 1.71. The fraction of sp³-hybridized carbons (Fsp3) is 0.400. The summed E-state index contributed by atoms with van der Waals surface area (Å²) in [5.74, 6) is -0.0834. The van der Waals surface area contributed by atoms with Gasteiger partial charge in [-0.1, -0.05) is 17.3 Å². The number of hydrogen-bond donors (Lipinski definition) is 1. The number of fused-ring (bicyclic) bond motifs is 1. The van der Waals surface area contributed by atoms with Crippen molar-refractivity contribution in [2.24, 2.45) is 5.16 Å². The van der Waals surface area contributed by atoms with Crippen LogP contribution in [0.25, 0.3) is 10.2 Å². The highest BCUT2D eigenvalue weighted by atomic mass is 32.1. The maximum atomic E-state index is 11.8. The summed E-state index contributed by atoms with van der Waals surface area (Å²) in [6, 6.07) is 8.13. The Labute approximate surface area is 127 Å². The van der Waals surface area contributed by atoms with E-state index in [1.807, 2.05) is 25.1 Å². The Morgan fingerprint density at radius 2 is 2.33 bits per heavy atom. The summed E-state index contributed by atoms with van der Waals surface area (Å²) in [6.45, 7) is 2.49. The van der Waals surface area contributed by atoms with Gasteiger partial charge in [0.05, 0.1) is 20.9 Å². The summed E-state index contributed by atoms with van der Waals surface area (Å²) in [4.78, 5) is 21.4. The van der Waals surface area contributed by atoms with E-state index in [9.17, 15) is 4.79 Å². The summed E-state index contributed by atoms with van der Waals surface area (Å²) < 4.78 is 1.21. The fourth-order valence-electron chi connectivity index (χ4n) is 2.23. The van der Waals surface area contributed by atoms with Gasteiger partial charge in [-0.3, -0.25) is 4.79 Å². The maximum Gasteiger partial charge on any atom is 0.264 e. The zero-order valence-electron chi connectivity index (χ0n) is 11.8. The Hall–Kier alpha value is -1.95. The molecule has 0 saturated heterocycles. The third kappa shape index (κ3) is 3.39. The molecule has 0 aliphatic carbocycles. The van der Waals surface area contributed by atoms with E-state index in [0.717, 1.165) is 29.1 Å². The van der Waals surface area contributed by atoms with Gasteiger partial charge in [0.1, 0.15) is 0 Å². The Balaban J connectivity index is 1.43. The van der Waals surface area contributed by atoms with E-state index in [-0.39, 0.29) is 5.91 Å². The number of carbonyl (C=O) groups is 1. The van der Waals surface area contributed by atoms with Gasteiger partial charge in [-0.15, -0.1) is 11.3 Å². The molecular weight excluding hydrogens is 286 g/mol. The minimum Gasteiger partial charge on any atom is -0.382 e. The number of amides is 1. The van der Waals surface area contributed by atoms with E-state index in [4.69, 9.17) is 4.84 Å². The highest BCUT2D eigenvalue weighted by molar-refractivity contribution is 7.18. The predicted molar refractivity (Wildman–Crippen MR) is 83.5 cm³/mol. The smallest absolute Gasteiger partial charge is 0.264 e. The highest BCUT2D eigenvalue weighted by Crippen LogP contribution is 2.22. The minimum absolute atomic E-state index is 0.0834. The second kappa shape index (κ2) is 6.22. The molecule has 1 aromatic carbocycles. The Morgan fingerprint density at radius 1 is 1.48 bits per heavy atom. The molecule has 0 saturated carbocycles. The molecule has 110 valence electrons. The first-order valence-electron chi connectivity index (χ1n) is 7.04. The Kier molecular flexibility index (Phi) is 4.15. The van der Waals surface area contributed by atoms with Crippen molar-refractivity contribution in [2.45, 2.75) is 32.3 Å². The lowest BCUT2D eigenvalue weighted by Gasteiger charge is -2.08. The van der Waals surface area contributed by atoms with Gasteiger partial charge in [0, 0.05) is 19.4 Å². The van der Waals surface area contributed by atoms with Gasteiger partial charge in [-0.25, -0.2) is 4.98 Å². The molecule has 5 nitrogen and oxygen atoms in total. The van der Waals surface area contributed by atoms with Crippen molar-refractivity contribution in [3.8, 4) is 0 Å². The van der Waals surface area contributed by atoms with Gasteiger partial charge < -0.3 is 10.2 Å². The van der Waals surface area contributed by atoms with Crippen LogP contribution in [0.5, 0.6) is 0 Å². The highest BCUT2D eigenvalue weighted by Gasteiger charge is 2.25. The number of aryl methyl sites for hydroxylation is 1. The molecule has 1 atom stereocenters. The summed E-state index contributed by atoms with van der Waals surface area (Å²) in [5.41, 5.74) is 1.91. The number of hydrogen-bond acceptors (Lipinski definition) is 5. The normalized spacial score (nSPS) is 17.6. The number of thiazole rings is 1. The lowest BCUT2D eigenvalue weighted by molar-refractivity contribution is -0.131. The van der Waals surface area contributed by atoms with Crippen molar-refractivity contribution in [3.05, 3.63) is 29.3 Å². The topological polar surface area (TPSA) is 63.6 Å². The SMILES string of the molecule is CC1=NO[C@@H](C(=O)NCCCc2nc3ccccc3s2)C1. The van der Waals surface area contributed by atoms with Gasteiger partial charge in [0.2, 0.25) is 6.10 Å². The molecule has 6 heteroatoms. The van der Waals surface area contributed by atoms with Crippen LogP contribution in [0, 0.1) is 0 Å². The number of nitrogens with one attached hydrogen (secondary N) is 1. The first kappa shape index (κ1) is 14.0. The number of oxime groups is 1. The van der Waals surface area contributed by atoms with E-state index < -0.39 is 6.10 Å². The Morgan fingerprint density at radius 3 is 3.10 bits per heavy atom. The van der Waals surface area contributed by atoms with Gasteiger partial charge in [-0.05, 0) is 25.5 Å². The number of benzene rings is 1. The standard InChI is InChI=1S/C15H17N3O2S/c1-10-9-12(20-18-10)15(19)16-8-4-7-14-17-11-5-2-3-6-13(11)21-14/h2-3,5-6,12H,4,7-9H2,1H3,(H,16,19)/t12-/m1/s1. The molecule has 0 unspecified atom stereocenters. The fourth-order valence-corrected chi connectivity index (χ4v) is 3.24. The molecule has 1 aromatic heterocycles. The average molecular weight is 303 g/mol. The van der Waals surface area contributed by atoms with Crippen LogP contribution in [0.1, 0.15) is 24.8 Å². The van der Waals surface area contributed by atoms with Crippen LogP contribution >= 0.6 is 11.3 Å². The van der Waals surface area contributed by atoms with Crippen molar-refractivity contribution in [3.63, 3.8) is 0 Å². The quantitative estimate of drug-likeness (QED) is 0.863.